The highest BCUT2D eigenvalue weighted by Crippen LogP contribution is 2.25. The molecule has 0 aliphatic carbocycles. The molecule has 8 heteroatoms. The molecule has 6 nitrogen and oxygen atoms in total. The number of nitrogens with zero attached hydrogens (tertiary/aromatic N) is 1. The molecule has 0 heterocycles. The summed E-state index contributed by atoms with van der Waals surface area (Å²) in [6.07, 6.45) is 0. The van der Waals surface area contributed by atoms with Crippen molar-refractivity contribution in [1.82, 2.24) is 4.72 Å². The van der Waals surface area contributed by atoms with Crippen LogP contribution in [0.25, 0.3) is 0 Å². The van der Waals surface area contributed by atoms with Crippen LogP contribution in [0, 0.1) is 31.0 Å². The molecule has 0 aliphatic heterocycles. The van der Waals surface area contributed by atoms with Crippen molar-refractivity contribution in [1.29, 1.82) is 5.26 Å². The summed E-state index contributed by atoms with van der Waals surface area (Å²) in [5, 5.41) is 8.89. The number of halogens is 1. The van der Waals surface area contributed by atoms with Gasteiger partial charge in [0.15, 0.2) is 0 Å². The minimum atomic E-state index is -4.21. The number of methoxy groups -OCH3 is 1. The van der Waals surface area contributed by atoms with Gasteiger partial charge in [-0.25, -0.2) is 17.6 Å². The van der Waals surface area contributed by atoms with Gasteiger partial charge in [0.05, 0.1) is 17.6 Å². The molecule has 0 saturated carbocycles. The second-order valence-electron chi connectivity index (χ2n) is 5.64. The number of sulfonamides is 1. The summed E-state index contributed by atoms with van der Waals surface area (Å²) in [5.41, 5.74) is 1.49. The van der Waals surface area contributed by atoms with E-state index in [1.54, 1.807) is 38.1 Å². The predicted molar refractivity (Wildman–Crippen MR) is 92.1 cm³/mol. The fraction of sp³-hybridized carbons (Fsp3) is 0.222. The normalized spacial score (nSPS) is 12.3. The van der Waals surface area contributed by atoms with Crippen LogP contribution in [0.4, 0.5) is 4.39 Å². The van der Waals surface area contributed by atoms with Crippen LogP contribution < -0.4 is 4.72 Å². The van der Waals surface area contributed by atoms with Crippen molar-refractivity contribution < 1.29 is 22.3 Å². The molecule has 136 valence electrons. The molecule has 0 amide bonds. The maximum Gasteiger partial charge on any atom is 0.328 e. The highest BCUT2D eigenvalue weighted by molar-refractivity contribution is 7.89. The first-order valence-corrected chi connectivity index (χ1v) is 9.05. The summed E-state index contributed by atoms with van der Waals surface area (Å²) in [7, 11) is -3.06. The molecule has 2 aromatic carbocycles. The van der Waals surface area contributed by atoms with Crippen LogP contribution in [0.3, 0.4) is 0 Å². The van der Waals surface area contributed by atoms with Crippen molar-refractivity contribution in [3.8, 4) is 6.07 Å². The molecule has 0 saturated heterocycles. The van der Waals surface area contributed by atoms with Crippen LogP contribution in [0.2, 0.25) is 0 Å². The predicted octanol–water partition coefficient (Wildman–Crippen LogP) is 2.51. The van der Waals surface area contributed by atoms with E-state index in [0.717, 1.165) is 25.3 Å². The van der Waals surface area contributed by atoms with Crippen molar-refractivity contribution in [3.05, 3.63) is 64.5 Å². The molecular weight excluding hydrogens is 359 g/mol. The Morgan fingerprint density at radius 2 is 1.85 bits per heavy atom. The van der Waals surface area contributed by atoms with E-state index in [4.69, 9.17) is 10.00 Å². The fourth-order valence-corrected chi connectivity index (χ4v) is 3.79. The Hall–Kier alpha value is -2.76. The topological polar surface area (TPSA) is 96.3 Å². The van der Waals surface area contributed by atoms with Crippen LogP contribution in [-0.4, -0.2) is 21.5 Å². The minimum Gasteiger partial charge on any atom is -0.468 e. The number of benzene rings is 2. The number of hydrogen-bond acceptors (Lipinski definition) is 5. The maximum absolute atomic E-state index is 13.5. The highest BCUT2D eigenvalue weighted by atomic mass is 32.2. The minimum absolute atomic E-state index is 0.324. The first kappa shape index (κ1) is 19.6. The zero-order valence-corrected chi connectivity index (χ0v) is 15.2. The van der Waals surface area contributed by atoms with Gasteiger partial charge in [-0.05, 0) is 48.7 Å². The second-order valence-corrected chi connectivity index (χ2v) is 7.35. The smallest absolute Gasteiger partial charge is 0.328 e. The number of esters is 1. The lowest BCUT2D eigenvalue weighted by atomic mass is 9.97. The summed E-state index contributed by atoms with van der Waals surface area (Å²) in [5.74, 6) is -1.61. The molecule has 0 spiro atoms. The zero-order valence-electron chi connectivity index (χ0n) is 14.4. The molecule has 1 unspecified atom stereocenters. The SMILES string of the molecule is COC(=O)C(NS(=O)(=O)c1ccc(F)c(C#N)c1)c1c(C)cccc1C. The Morgan fingerprint density at radius 3 is 2.38 bits per heavy atom. The van der Waals surface area contributed by atoms with E-state index in [9.17, 15) is 17.6 Å². The van der Waals surface area contributed by atoms with Gasteiger partial charge in [0.25, 0.3) is 0 Å². The Kier molecular flexibility index (Phi) is 5.75. The average molecular weight is 376 g/mol. The van der Waals surface area contributed by atoms with Gasteiger partial charge in [0, 0.05) is 0 Å². The van der Waals surface area contributed by atoms with E-state index in [0.29, 0.717) is 16.7 Å². The number of carbonyl (C=O) groups excluding carboxylic acids is 1. The van der Waals surface area contributed by atoms with Gasteiger partial charge in [-0.15, -0.1) is 0 Å². The fourth-order valence-electron chi connectivity index (χ4n) is 2.61. The van der Waals surface area contributed by atoms with Crippen LogP contribution in [0.1, 0.15) is 28.3 Å². The van der Waals surface area contributed by atoms with Crippen molar-refractivity contribution in [2.24, 2.45) is 0 Å². The van der Waals surface area contributed by atoms with E-state index in [-0.39, 0.29) is 4.90 Å². The van der Waals surface area contributed by atoms with E-state index in [1.807, 2.05) is 0 Å². The molecular formula is C18H17FN2O4S. The van der Waals surface area contributed by atoms with Crippen molar-refractivity contribution in [3.63, 3.8) is 0 Å². The number of nitriles is 1. The standard InChI is InChI=1S/C18H17FN2O4S/c1-11-5-4-6-12(2)16(11)17(18(22)25-3)21-26(23,24)14-7-8-15(19)13(9-14)10-20/h4-9,17,21H,1-3H3. The molecule has 0 fully saturated rings. The second kappa shape index (κ2) is 7.64. The number of carbonyl (C=O) groups is 1. The van der Waals surface area contributed by atoms with Gasteiger partial charge in [-0.3, -0.25) is 0 Å². The van der Waals surface area contributed by atoms with E-state index >= 15 is 0 Å². The van der Waals surface area contributed by atoms with Gasteiger partial charge >= 0.3 is 5.97 Å². The lowest BCUT2D eigenvalue weighted by Crippen LogP contribution is -2.35. The Balaban J connectivity index is 2.52. The molecule has 2 aromatic rings. The van der Waals surface area contributed by atoms with Gasteiger partial charge in [0.1, 0.15) is 17.9 Å². The summed E-state index contributed by atoms with van der Waals surface area (Å²) in [6, 6.07) is 8.42. The third-order valence-electron chi connectivity index (χ3n) is 3.91. The largest absolute Gasteiger partial charge is 0.468 e. The first-order valence-electron chi connectivity index (χ1n) is 7.57. The Morgan fingerprint density at radius 1 is 1.23 bits per heavy atom. The lowest BCUT2D eigenvalue weighted by molar-refractivity contribution is -0.142. The van der Waals surface area contributed by atoms with Gasteiger partial charge in [0.2, 0.25) is 10.0 Å². The van der Waals surface area contributed by atoms with E-state index in [1.165, 1.54) is 0 Å². The molecule has 1 N–H and O–H groups in total. The van der Waals surface area contributed by atoms with Crippen LogP contribution in [-0.2, 0) is 19.6 Å². The van der Waals surface area contributed by atoms with Crippen LogP contribution >= 0.6 is 0 Å². The van der Waals surface area contributed by atoms with Gasteiger partial charge in [-0.1, -0.05) is 18.2 Å². The number of ether oxygens (including phenoxy) is 1. The zero-order chi connectivity index (χ0) is 19.5. The summed E-state index contributed by atoms with van der Waals surface area (Å²) in [6.45, 7) is 3.50. The van der Waals surface area contributed by atoms with Gasteiger partial charge in [-0.2, -0.15) is 9.98 Å². The van der Waals surface area contributed by atoms with Gasteiger partial charge < -0.3 is 4.74 Å². The lowest BCUT2D eigenvalue weighted by Gasteiger charge is -2.21. The van der Waals surface area contributed by atoms with Crippen molar-refractivity contribution >= 4 is 16.0 Å². The highest BCUT2D eigenvalue weighted by Gasteiger charge is 2.30. The van der Waals surface area contributed by atoms with E-state index in [2.05, 4.69) is 4.72 Å². The number of aryl methyl sites for hydroxylation is 2. The summed E-state index contributed by atoms with van der Waals surface area (Å²) < 4.78 is 45.9. The molecule has 0 radical (unpaired) electrons. The molecule has 0 aromatic heterocycles. The molecule has 0 aliphatic rings. The summed E-state index contributed by atoms with van der Waals surface area (Å²) >= 11 is 0. The molecule has 2 rings (SSSR count). The number of nitrogens with one attached hydrogen (secondary N) is 1. The third-order valence-corrected chi connectivity index (χ3v) is 5.33. The quantitative estimate of drug-likeness (QED) is 0.809. The van der Waals surface area contributed by atoms with Crippen molar-refractivity contribution in [2.45, 2.75) is 24.8 Å². The van der Waals surface area contributed by atoms with Crippen LogP contribution in [0.5, 0.6) is 0 Å². The third kappa shape index (κ3) is 3.90. The number of hydrogen-bond donors (Lipinski definition) is 1. The maximum atomic E-state index is 13.5. The van der Waals surface area contributed by atoms with Crippen LogP contribution in [0.15, 0.2) is 41.3 Å². The molecule has 0 bridgehead atoms. The van der Waals surface area contributed by atoms with E-state index < -0.39 is 33.4 Å². The van der Waals surface area contributed by atoms with Crippen molar-refractivity contribution in [2.75, 3.05) is 7.11 Å². The first-order chi connectivity index (χ1) is 12.2. The Labute approximate surface area is 151 Å². The monoisotopic (exact) mass is 376 g/mol. The Bertz CT molecular complexity index is 976. The molecule has 26 heavy (non-hydrogen) atoms. The average Bonchev–Trinajstić information content (AvgIpc) is 2.60. The number of rotatable bonds is 5. The molecule has 1 atom stereocenters. The summed E-state index contributed by atoms with van der Waals surface area (Å²) in [4.78, 5) is 11.9.